The second kappa shape index (κ2) is 10.5. The van der Waals surface area contributed by atoms with E-state index >= 15 is 0 Å². The minimum absolute atomic E-state index is 0.0651. The highest BCUT2D eigenvalue weighted by Gasteiger charge is 2.34. The van der Waals surface area contributed by atoms with Crippen LogP contribution in [0.2, 0.25) is 10.0 Å². The lowest BCUT2D eigenvalue weighted by Crippen LogP contribution is -2.59. The lowest BCUT2D eigenvalue weighted by atomic mass is 10.0. The standard InChI is InChI=1S/C25H25Cl2N3O4S/c1-15-13-28-24(34-15)22(31)14-35(33)23-8-7-18(11-21(23)27)25(32)30-10-9-29(16(2)17(30)3)20-6-4-5-19(26)12-20/h4-8,11-13,16-17H,9-10,14H2,1-3H3/t16?,17-,35?/m0/s1. The molecule has 10 heteroatoms. The lowest BCUT2D eigenvalue weighted by molar-refractivity contribution is 0.0634. The second-order valence-corrected chi connectivity index (χ2v) is 10.8. The van der Waals surface area contributed by atoms with Crippen molar-refractivity contribution in [3.8, 4) is 0 Å². The Balaban J connectivity index is 1.46. The molecular weight excluding hydrogens is 509 g/mol. The van der Waals surface area contributed by atoms with Gasteiger partial charge in [0.25, 0.3) is 11.8 Å². The summed E-state index contributed by atoms with van der Waals surface area (Å²) in [7, 11) is -1.71. The predicted molar refractivity (Wildman–Crippen MR) is 137 cm³/mol. The van der Waals surface area contributed by atoms with Crippen molar-refractivity contribution in [2.45, 2.75) is 37.8 Å². The first kappa shape index (κ1) is 25.4. The number of Topliss-reactive ketones (excluding diaryl/α,β-unsaturated/α-hetero) is 1. The van der Waals surface area contributed by atoms with E-state index in [0.29, 0.717) is 29.4 Å². The molecule has 1 aromatic heterocycles. The molecule has 1 fully saturated rings. The summed E-state index contributed by atoms with van der Waals surface area (Å²) in [5.74, 6) is -0.531. The molecule has 2 heterocycles. The van der Waals surface area contributed by atoms with Gasteiger partial charge >= 0.3 is 0 Å². The molecule has 2 unspecified atom stereocenters. The van der Waals surface area contributed by atoms with Crippen molar-refractivity contribution in [3.63, 3.8) is 0 Å². The first-order valence-corrected chi connectivity index (χ1v) is 13.2. The van der Waals surface area contributed by atoms with E-state index in [1.54, 1.807) is 13.0 Å². The van der Waals surface area contributed by atoms with Gasteiger partial charge in [0, 0.05) is 41.4 Å². The monoisotopic (exact) mass is 533 g/mol. The SMILES string of the molecule is Cc1cnc(C(=O)CS(=O)c2ccc(C(=O)N3CCN(c4cccc(Cl)c4)C(C)[C@@H]3C)cc2Cl)o1. The fourth-order valence-electron chi connectivity index (χ4n) is 4.18. The summed E-state index contributed by atoms with van der Waals surface area (Å²) in [5, 5.41) is 0.842. The first-order valence-electron chi connectivity index (χ1n) is 11.1. The quantitative estimate of drug-likeness (QED) is 0.413. The van der Waals surface area contributed by atoms with Crippen LogP contribution in [0.3, 0.4) is 0 Å². The van der Waals surface area contributed by atoms with Gasteiger partial charge in [-0.25, -0.2) is 4.98 Å². The molecule has 3 atom stereocenters. The van der Waals surface area contributed by atoms with Crippen LogP contribution in [0.5, 0.6) is 0 Å². The number of amides is 1. The van der Waals surface area contributed by atoms with Gasteiger partial charge in [0.1, 0.15) is 5.76 Å². The van der Waals surface area contributed by atoms with E-state index in [4.69, 9.17) is 27.6 Å². The molecule has 1 aliphatic rings. The third kappa shape index (κ3) is 5.44. The highest BCUT2D eigenvalue weighted by molar-refractivity contribution is 7.86. The van der Waals surface area contributed by atoms with Crippen LogP contribution in [0.15, 0.2) is 58.0 Å². The van der Waals surface area contributed by atoms with E-state index in [1.165, 1.54) is 18.3 Å². The predicted octanol–water partition coefficient (Wildman–Crippen LogP) is 5.02. The average molecular weight is 534 g/mol. The second-order valence-electron chi connectivity index (χ2n) is 8.49. The number of anilines is 1. The Bertz CT molecular complexity index is 1300. The molecule has 2 aromatic carbocycles. The number of carbonyl (C=O) groups is 2. The Morgan fingerprint density at radius 1 is 1.11 bits per heavy atom. The molecule has 1 saturated heterocycles. The number of aromatic nitrogens is 1. The molecule has 35 heavy (non-hydrogen) atoms. The average Bonchev–Trinajstić information content (AvgIpc) is 3.26. The normalized spacial score (nSPS) is 19.0. The van der Waals surface area contributed by atoms with Gasteiger partial charge in [-0.3, -0.25) is 13.8 Å². The van der Waals surface area contributed by atoms with Crippen LogP contribution in [0.4, 0.5) is 5.69 Å². The third-order valence-electron chi connectivity index (χ3n) is 6.21. The van der Waals surface area contributed by atoms with Crippen LogP contribution in [-0.2, 0) is 10.8 Å². The number of carbonyl (C=O) groups excluding carboxylic acids is 2. The van der Waals surface area contributed by atoms with Crippen molar-refractivity contribution < 1.29 is 18.2 Å². The van der Waals surface area contributed by atoms with Crippen molar-refractivity contribution in [2.24, 2.45) is 0 Å². The summed E-state index contributed by atoms with van der Waals surface area (Å²) in [6.07, 6.45) is 1.43. The van der Waals surface area contributed by atoms with Crippen molar-refractivity contribution in [3.05, 3.63) is 75.9 Å². The highest BCUT2D eigenvalue weighted by Crippen LogP contribution is 2.29. The molecule has 0 radical (unpaired) electrons. The number of hydrogen-bond donors (Lipinski definition) is 0. The minimum Gasteiger partial charge on any atom is -0.439 e. The van der Waals surface area contributed by atoms with Crippen LogP contribution < -0.4 is 4.90 Å². The molecule has 7 nitrogen and oxygen atoms in total. The number of oxazole rings is 1. The van der Waals surface area contributed by atoms with E-state index < -0.39 is 16.6 Å². The van der Waals surface area contributed by atoms with E-state index in [1.807, 2.05) is 36.1 Å². The van der Waals surface area contributed by atoms with E-state index in [2.05, 4.69) is 16.8 Å². The van der Waals surface area contributed by atoms with Crippen LogP contribution >= 0.6 is 23.2 Å². The van der Waals surface area contributed by atoms with Gasteiger partial charge < -0.3 is 14.2 Å². The van der Waals surface area contributed by atoms with Crippen molar-refractivity contribution >= 4 is 51.4 Å². The van der Waals surface area contributed by atoms with Crippen molar-refractivity contribution in [2.75, 3.05) is 23.7 Å². The zero-order valence-corrected chi connectivity index (χ0v) is 21.9. The summed E-state index contributed by atoms with van der Waals surface area (Å²) < 4.78 is 18.0. The minimum atomic E-state index is -1.71. The highest BCUT2D eigenvalue weighted by atomic mass is 35.5. The molecule has 0 bridgehead atoms. The summed E-state index contributed by atoms with van der Waals surface area (Å²) in [6.45, 7) is 6.96. The van der Waals surface area contributed by atoms with Gasteiger partial charge in [-0.15, -0.1) is 0 Å². The summed E-state index contributed by atoms with van der Waals surface area (Å²) in [6, 6.07) is 12.3. The third-order valence-corrected chi connectivity index (χ3v) is 8.24. The van der Waals surface area contributed by atoms with Crippen LogP contribution in [0, 0.1) is 6.92 Å². The maximum atomic E-state index is 13.3. The van der Waals surface area contributed by atoms with Gasteiger partial charge in [-0.1, -0.05) is 29.3 Å². The molecule has 1 amide bonds. The topological polar surface area (TPSA) is 83.7 Å². The fourth-order valence-corrected chi connectivity index (χ4v) is 5.81. The van der Waals surface area contributed by atoms with Crippen LogP contribution in [-0.4, -0.2) is 56.7 Å². The number of piperazine rings is 1. The molecular formula is C25H25Cl2N3O4S. The van der Waals surface area contributed by atoms with Crippen LogP contribution in [0.1, 0.15) is 40.7 Å². The number of rotatable bonds is 6. The molecule has 0 spiro atoms. The fraction of sp³-hybridized carbons (Fsp3) is 0.320. The molecule has 184 valence electrons. The number of aryl methyl sites for hydroxylation is 1. The van der Waals surface area contributed by atoms with Crippen molar-refractivity contribution in [1.29, 1.82) is 0 Å². The van der Waals surface area contributed by atoms with Crippen molar-refractivity contribution in [1.82, 2.24) is 9.88 Å². The Labute approximate surface area is 216 Å². The molecule has 0 N–H and O–H groups in total. The lowest BCUT2D eigenvalue weighted by Gasteiger charge is -2.46. The maximum absolute atomic E-state index is 13.3. The molecule has 4 rings (SSSR count). The van der Waals surface area contributed by atoms with Gasteiger partial charge in [0.05, 0.1) is 32.7 Å². The van der Waals surface area contributed by atoms with Gasteiger partial charge in [0.15, 0.2) is 0 Å². The number of halogens is 2. The Hall–Kier alpha value is -2.68. The number of benzene rings is 2. The summed E-state index contributed by atoms with van der Waals surface area (Å²) in [4.78, 5) is 33.8. The van der Waals surface area contributed by atoms with E-state index in [0.717, 1.165) is 5.69 Å². The first-order chi connectivity index (χ1) is 16.7. The maximum Gasteiger partial charge on any atom is 0.264 e. The van der Waals surface area contributed by atoms with Gasteiger partial charge in [-0.05, 0) is 57.2 Å². The number of hydrogen-bond acceptors (Lipinski definition) is 6. The smallest absolute Gasteiger partial charge is 0.264 e. The molecule has 0 aliphatic carbocycles. The Morgan fingerprint density at radius 3 is 2.54 bits per heavy atom. The Kier molecular flexibility index (Phi) is 7.64. The Morgan fingerprint density at radius 2 is 1.89 bits per heavy atom. The number of ketones is 1. The molecule has 3 aromatic rings. The van der Waals surface area contributed by atoms with E-state index in [-0.39, 0.29) is 39.6 Å². The van der Waals surface area contributed by atoms with Crippen LogP contribution in [0.25, 0.3) is 0 Å². The van der Waals surface area contributed by atoms with Gasteiger partial charge in [-0.2, -0.15) is 0 Å². The zero-order valence-electron chi connectivity index (χ0n) is 19.5. The van der Waals surface area contributed by atoms with E-state index in [9.17, 15) is 13.8 Å². The molecule has 1 aliphatic heterocycles. The van der Waals surface area contributed by atoms with Gasteiger partial charge in [0.2, 0.25) is 5.78 Å². The molecule has 0 saturated carbocycles. The summed E-state index contributed by atoms with van der Waals surface area (Å²) >= 11 is 12.6. The summed E-state index contributed by atoms with van der Waals surface area (Å²) in [5.41, 5.74) is 1.42. The largest absolute Gasteiger partial charge is 0.439 e. The number of nitrogens with zero attached hydrogens (tertiary/aromatic N) is 3. The zero-order chi connectivity index (χ0) is 25.3.